The van der Waals surface area contributed by atoms with Crippen LogP contribution in [0.25, 0.3) is 0 Å². The molecule has 8 saturated heterocycles. The fourth-order valence-electron chi connectivity index (χ4n) is 11.9. The van der Waals surface area contributed by atoms with Crippen LogP contribution in [0.1, 0.15) is 126 Å². The molecule has 0 amide bonds. The summed E-state index contributed by atoms with van der Waals surface area (Å²) in [5.41, 5.74) is 2.44. The van der Waals surface area contributed by atoms with Gasteiger partial charge in [0.2, 0.25) is 0 Å². The van der Waals surface area contributed by atoms with Crippen LogP contribution >= 0.6 is 0 Å². The Kier molecular flexibility index (Phi) is 13.9. The first kappa shape index (κ1) is 43.2. The van der Waals surface area contributed by atoms with E-state index in [1.165, 1.54) is 29.3 Å². The molecule has 0 saturated carbocycles. The van der Waals surface area contributed by atoms with E-state index in [-0.39, 0.29) is 79.2 Å². The van der Waals surface area contributed by atoms with Crippen molar-refractivity contribution in [3.63, 3.8) is 0 Å². The lowest BCUT2D eigenvalue weighted by Crippen LogP contribution is -2.54. The molecular weight excluding hydrogens is 721 g/mol. The molecule has 0 aliphatic carbocycles. The summed E-state index contributed by atoms with van der Waals surface area (Å²) in [5.74, 6) is 1.57. The zero-order valence-corrected chi connectivity index (χ0v) is 37.4. The molecule has 8 aliphatic rings. The van der Waals surface area contributed by atoms with Crippen molar-refractivity contribution in [1.82, 2.24) is 0 Å². The standard InChI is InChI=1S/C47H78O8Si/c1-12-17-38-33(11)43-45-46(52-38)44-42(53-45)26-47(54-43,55-44)21-20-35-24-30(8)37(49-35)19-18-34-23-29(7)31(9)40(50-34)25-41-36(13-2)32(10)39(51-41)22-28(6)27-48-56(14-3,15-4)16-5/h12,28-29,32-46H,1,8-9,13-27H2,2-7,10-11H3/t28-,29+,32+,33-,34?,35-,36+,37-,38-,39+,40+,41-,42+,43-,44-,45-,46-,47+/m0/s1. The van der Waals surface area contributed by atoms with E-state index in [0.29, 0.717) is 23.7 Å². The molecule has 56 heavy (non-hydrogen) atoms. The van der Waals surface area contributed by atoms with Crippen molar-refractivity contribution in [1.29, 1.82) is 0 Å². The lowest BCUT2D eigenvalue weighted by atomic mass is 9.80. The average molecular weight is 799 g/mol. The van der Waals surface area contributed by atoms with E-state index in [0.717, 1.165) is 77.2 Å². The summed E-state index contributed by atoms with van der Waals surface area (Å²) in [5, 5.41) is 0. The molecule has 8 rings (SSSR count). The predicted molar refractivity (Wildman–Crippen MR) is 224 cm³/mol. The minimum Gasteiger partial charge on any atom is -0.417 e. The van der Waals surface area contributed by atoms with Crippen LogP contribution in [0, 0.1) is 29.6 Å². The number of ether oxygens (including phenoxy) is 7. The fourth-order valence-corrected chi connectivity index (χ4v) is 14.7. The van der Waals surface area contributed by atoms with Crippen LogP contribution in [0.15, 0.2) is 37.0 Å². The summed E-state index contributed by atoms with van der Waals surface area (Å²) >= 11 is 0. The van der Waals surface area contributed by atoms with Crippen LogP contribution in [0.5, 0.6) is 0 Å². The lowest BCUT2D eigenvalue weighted by molar-refractivity contribution is -0.262. The molecule has 8 aliphatic heterocycles. The summed E-state index contributed by atoms with van der Waals surface area (Å²) in [6, 6.07) is 3.61. The molecule has 0 N–H and O–H groups in total. The molecule has 0 aromatic heterocycles. The number of hydrogen-bond acceptors (Lipinski definition) is 8. The van der Waals surface area contributed by atoms with Gasteiger partial charge in [0.05, 0.1) is 54.9 Å². The van der Waals surface area contributed by atoms with Crippen molar-refractivity contribution < 1.29 is 37.6 Å². The highest BCUT2D eigenvalue weighted by atomic mass is 28.4. The minimum atomic E-state index is -1.58. The molecule has 0 radical (unpaired) electrons. The van der Waals surface area contributed by atoms with Gasteiger partial charge in [-0.2, -0.15) is 0 Å². The van der Waals surface area contributed by atoms with Crippen LogP contribution in [-0.4, -0.2) is 94.0 Å². The van der Waals surface area contributed by atoms with Gasteiger partial charge in [0.25, 0.3) is 0 Å². The van der Waals surface area contributed by atoms with Crippen molar-refractivity contribution in [2.24, 2.45) is 29.6 Å². The molecule has 18 atom stereocenters. The largest absolute Gasteiger partial charge is 0.417 e. The summed E-state index contributed by atoms with van der Waals surface area (Å²) in [6.45, 7) is 32.5. The molecule has 1 unspecified atom stereocenters. The van der Waals surface area contributed by atoms with E-state index in [1.54, 1.807) is 0 Å². The second-order valence-corrected chi connectivity index (χ2v) is 24.2. The Balaban J connectivity index is 0.886. The van der Waals surface area contributed by atoms with Gasteiger partial charge in [-0.05, 0) is 97.9 Å². The topological polar surface area (TPSA) is 73.8 Å². The Labute approximate surface area is 341 Å². The molecule has 6 bridgehead atoms. The molecule has 0 spiro atoms. The first-order valence-corrected chi connectivity index (χ1v) is 25.6. The van der Waals surface area contributed by atoms with E-state index in [2.05, 4.69) is 75.1 Å². The van der Waals surface area contributed by atoms with E-state index >= 15 is 0 Å². The quantitative estimate of drug-likeness (QED) is 0.0945. The van der Waals surface area contributed by atoms with Crippen molar-refractivity contribution in [2.45, 2.75) is 223 Å². The van der Waals surface area contributed by atoms with Gasteiger partial charge in [0.15, 0.2) is 14.1 Å². The van der Waals surface area contributed by atoms with Crippen molar-refractivity contribution in [3.8, 4) is 0 Å². The first-order chi connectivity index (χ1) is 26.9. The lowest BCUT2D eigenvalue weighted by Gasteiger charge is -2.42. The monoisotopic (exact) mass is 799 g/mol. The average Bonchev–Trinajstić information content (AvgIpc) is 3.85. The second kappa shape index (κ2) is 18.0. The Morgan fingerprint density at radius 1 is 0.804 bits per heavy atom. The molecule has 9 heteroatoms. The molecule has 318 valence electrons. The number of rotatable bonds is 19. The van der Waals surface area contributed by atoms with Crippen molar-refractivity contribution in [3.05, 3.63) is 37.0 Å². The Bertz CT molecular complexity index is 1360. The summed E-state index contributed by atoms with van der Waals surface area (Å²) < 4.78 is 54.0. The van der Waals surface area contributed by atoms with Gasteiger partial charge >= 0.3 is 0 Å². The summed E-state index contributed by atoms with van der Waals surface area (Å²) in [6.07, 6.45) is 12.9. The zero-order chi connectivity index (χ0) is 39.9. The second-order valence-electron chi connectivity index (χ2n) is 19.4. The van der Waals surface area contributed by atoms with Crippen LogP contribution in [0.4, 0.5) is 0 Å². The number of hydrogen-bond donors (Lipinski definition) is 0. The fraction of sp³-hybridized carbons (Fsp3) is 0.872. The minimum absolute atomic E-state index is 0.0261. The Morgan fingerprint density at radius 2 is 1.52 bits per heavy atom. The van der Waals surface area contributed by atoms with Crippen molar-refractivity contribution in [2.75, 3.05) is 6.61 Å². The third kappa shape index (κ3) is 8.65. The van der Waals surface area contributed by atoms with Crippen molar-refractivity contribution >= 4 is 8.32 Å². The van der Waals surface area contributed by atoms with Gasteiger partial charge in [-0.15, -0.1) is 6.58 Å². The maximum absolute atomic E-state index is 6.96. The molecular formula is C47H78O8Si. The normalized spacial score (nSPS) is 45.1. The van der Waals surface area contributed by atoms with Gasteiger partial charge in [0.1, 0.15) is 18.3 Å². The van der Waals surface area contributed by atoms with E-state index in [4.69, 9.17) is 37.6 Å². The van der Waals surface area contributed by atoms with Crippen LogP contribution in [-0.2, 0) is 37.6 Å². The highest BCUT2D eigenvalue weighted by Gasteiger charge is 2.67. The maximum atomic E-state index is 6.96. The highest BCUT2D eigenvalue weighted by Crippen LogP contribution is 2.54. The molecule has 0 aromatic rings. The van der Waals surface area contributed by atoms with Gasteiger partial charge in [-0.25, -0.2) is 0 Å². The Hall–Kier alpha value is -0.883. The first-order valence-electron chi connectivity index (χ1n) is 23.1. The SMILES string of the molecule is C=CC[C@@H]1O[C@@H]2[C@H]3O[C@@H]4C[C@@](CC[C@H]5CC(=C)[C@H](CCC6C[C@@H](C)C(=C)[C@@H](C[C@@H]7O[C@H](C[C@H](C)CO[Si](CC)(CC)CC)[C@H](C)[C@H]7CC)O6)O5)(O[C@H]24)O[C@H]3[C@H]1C. The summed E-state index contributed by atoms with van der Waals surface area (Å²) in [4.78, 5) is 0. The van der Waals surface area contributed by atoms with Gasteiger partial charge in [-0.1, -0.05) is 81.0 Å². The molecule has 8 heterocycles. The maximum Gasteiger partial charge on any atom is 0.191 e. The molecule has 0 aromatic carbocycles. The predicted octanol–water partition coefficient (Wildman–Crippen LogP) is 10.1. The van der Waals surface area contributed by atoms with Crippen LogP contribution in [0.2, 0.25) is 18.1 Å². The molecule has 8 fully saturated rings. The van der Waals surface area contributed by atoms with E-state index < -0.39 is 14.1 Å². The van der Waals surface area contributed by atoms with Crippen LogP contribution in [0.3, 0.4) is 0 Å². The van der Waals surface area contributed by atoms with Gasteiger partial charge in [-0.3, -0.25) is 0 Å². The highest BCUT2D eigenvalue weighted by molar-refractivity contribution is 6.73. The van der Waals surface area contributed by atoms with Crippen LogP contribution < -0.4 is 0 Å². The van der Waals surface area contributed by atoms with Gasteiger partial charge < -0.3 is 37.6 Å². The van der Waals surface area contributed by atoms with E-state index in [9.17, 15) is 0 Å². The zero-order valence-electron chi connectivity index (χ0n) is 36.4. The smallest absolute Gasteiger partial charge is 0.191 e. The third-order valence-corrected chi connectivity index (χ3v) is 20.5. The van der Waals surface area contributed by atoms with E-state index in [1.807, 2.05) is 6.08 Å². The Morgan fingerprint density at radius 3 is 2.23 bits per heavy atom. The van der Waals surface area contributed by atoms with Gasteiger partial charge in [0, 0.05) is 31.8 Å². The molecule has 8 nitrogen and oxygen atoms in total. The third-order valence-electron chi connectivity index (χ3n) is 15.9. The summed E-state index contributed by atoms with van der Waals surface area (Å²) in [7, 11) is -1.58.